The zero-order chi connectivity index (χ0) is 14.8. The van der Waals surface area contributed by atoms with Crippen LogP contribution in [0.15, 0.2) is 46.5 Å². The molecule has 0 saturated heterocycles. The summed E-state index contributed by atoms with van der Waals surface area (Å²) in [7, 11) is 0. The van der Waals surface area contributed by atoms with Crippen molar-refractivity contribution < 1.29 is 4.42 Å². The molecule has 2 heterocycles. The number of hydrogen-bond acceptors (Lipinski definition) is 3. The number of aromatic nitrogens is 2. The van der Waals surface area contributed by atoms with E-state index in [9.17, 15) is 0 Å². The molecule has 0 atom stereocenters. The topological polar surface area (TPSA) is 67.4 Å². The zero-order valence-corrected chi connectivity index (χ0v) is 12.5. The summed E-state index contributed by atoms with van der Waals surface area (Å²) in [6, 6.07) is 3.89. The van der Waals surface area contributed by atoms with Gasteiger partial charge in [-0.05, 0) is 25.5 Å². The average molecular weight is 289 g/mol. The molecule has 0 amide bonds. The number of nitrogens with zero attached hydrogens (tertiary/aromatic N) is 3. The summed E-state index contributed by atoms with van der Waals surface area (Å²) in [6.07, 6.45) is 9.14. The molecule has 0 unspecified atom stereocenters. The molecule has 2 N–H and O–H groups in total. The minimum absolute atomic E-state index is 0.786. The summed E-state index contributed by atoms with van der Waals surface area (Å²) in [5.41, 5.74) is 0. The van der Waals surface area contributed by atoms with Gasteiger partial charge in [-0.15, -0.1) is 0 Å². The van der Waals surface area contributed by atoms with Gasteiger partial charge in [-0.2, -0.15) is 0 Å². The SMILES string of the molecule is CCNC(=NCCCn1ccnc1)NCCc1ccco1. The van der Waals surface area contributed by atoms with Crippen molar-refractivity contribution in [2.24, 2.45) is 4.99 Å². The average Bonchev–Trinajstić information content (AvgIpc) is 3.17. The third-order valence-electron chi connectivity index (χ3n) is 2.99. The fourth-order valence-electron chi connectivity index (χ4n) is 1.96. The third kappa shape index (κ3) is 5.72. The Morgan fingerprint density at radius 1 is 1.43 bits per heavy atom. The van der Waals surface area contributed by atoms with Crippen molar-refractivity contribution >= 4 is 5.96 Å². The van der Waals surface area contributed by atoms with Crippen LogP contribution in [0, 0.1) is 0 Å². The van der Waals surface area contributed by atoms with Gasteiger partial charge in [0.05, 0.1) is 12.6 Å². The normalized spacial score (nSPS) is 11.6. The molecule has 0 bridgehead atoms. The lowest BCUT2D eigenvalue weighted by Gasteiger charge is -2.10. The minimum Gasteiger partial charge on any atom is -0.469 e. The minimum atomic E-state index is 0.786. The van der Waals surface area contributed by atoms with E-state index in [-0.39, 0.29) is 0 Å². The molecule has 6 nitrogen and oxygen atoms in total. The Hall–Kier alpha value is -2.24. The quantitative estimate of drug-likeness (QED) is 0.441. The van der Waals surface area contributed by atoms with Gasteiger partial charge in [-0.25, -0.2) is 4.98 Å². The summed E-state index contributed by atoms with van der Waals surface area (Å²) in [4.78, 5) is 8.59. The summed E-state index contributed by atoms with van der Waals surface area (Å²) in [6.45, 7) is 5.45. The van der Waals surface area contributed by atoms with E-state index in [2.05, 4.69) is 32.1 Å². The van der Waals surface area contributed by atoms with Gasteiger partial charge in [0.15, 0.2) is 5.96 Å². The molecular weight excluding hydrogens is 266 g/mol. The highest BCUT2D eigenvalue weighted by molar-refractivity contribution is 5.79. The van der Waals surface area contributed by atoms with E-state index in [1.54, 1.807) is 12.5 Å². The Morgan fingerprint density at radius 2 is 2.38 bits per heavy atom. The highest BCUT2D eigenvalue weighted by atomic mass is 16.3. The molecule has 0 saturated carbocycles. The first kappa shape index (κ1) is 15.2. The fraction of sp³-hybridized carbons (Fsp3) is 0.467. The summed E-state index contributed by atoms with van der Waals surface area (Å²) >= 11 is 0. The van der Waals surface area contributed by atoms with Crippen molar-refractivity contribution in [1.29, 1.82) is 0 Å². The Bertz CT molecular complexity index is 504. The lowest BCUT2D eigenvalue weighted by Crippen LogP contribution is -2.38. The van der Waals surface area contributed by atoms with Crippen LogP contribution >= 0.6 is 0 Å². The van der Waals surface area contributed by atoms with Crippen LogP contribution < -0.4 is 10.6 Å². The Kier molecular flexibility index (Phi) is 6.38. The number of aliphatic imine (C=N–C) groups is 1. The van der Waals surface area contributed by atoms with Crippen LogP contribution in [-0.4, -0.2) is 35.1 Å². The van der Waals surface area contributed by atoms with Crippen LogP contribution in [0.4, 0.5) is 0 Å². The Labute approximate surface area is 125 Å². The van der Waals surface area contributed by atoms with E-state index in [0.29, 0.717) is 0 Å². The second kappa shape index (κ2) is 8.84. The molecule has 0 aliphatic carbocycles. The summed E-state index contributed by atoms with van der Waals surface area (Å²) in [5.74, 6) is 1.84. The first-order valence-electron chi connectivity index (χ1n) is 7.39. The molecule has 0 spiro atoms. The smallest absolute Gasteiger partial charge is 0.191 e. The van der Waals surface area contributed by atoms with E-state index in [1.807, 2.05) is 24.7 Å². The van der Waals surface area contributed by atoms with Crippen LogP contribution in [-0.2, 0) is 13.0 Å². The molecule has 114 valence electrons. The fourth-order valence-corrected chi connectivity index (χ4v) is 1.96. The monoisotopic (exact) mass is 289 g/mol. The molecule has 0 aliphatic heterocycles. The van der Waals surface area contributed by atoms with Crippen molar-refractivity contribution in [3.63, 3.8) is 0 Å². The van der Waals surface area contributed by atoms with E-state index in [1.165, 1.54) is 0 Å². The predicted octanol–water partition coefficient (Wildman–Crippen LogP) is 1.66. The number of rotatable bonds is 8. The van der Waals surface area contributed by atoms with E-state index < -0.39 is 0 Å². The van der Waals surface area contributed by atoms with Crippen molar-refractivity contribution in [3.05, 3.63) is 42.9 Å². The maximum atomic E-state index is 5.31. The molecule has 0 radical (unpaired) electrons. The largest absolute Gasteiger partial charge is 0.469 e. The number of imidazole rings is 1. The molecule has 0 aromatic carbocycles. The van der Waals surface area contributed by atoms with Gasteiger partial charge in [0, 0.05) is 45.0 Å². The Morgan fingerprint density at radius 3 is 3.10 bits per heavy atom. The van der Waals surface area contributed by atoms with Gasteiger partial charge < -0.3 is 19.6 Å². The van der Waals surface area contributed by atoms with E-state index in [0.717, 1.165) is 50.7 Å². The molecule has 2 aromatic heterocycles. The second-order valence-electron chi connectivity index (χ2n) is 4.67. The number of aryl methyl sites for hydroxylation is 1. The van der Waals surface area contributed by atoms with E-state index in [4.69, 9.17) is 4.42 Å². The first-order valence-corrected chi connectivity index (χ1v) is 7.39. The van der Waals surface area contributed by atoms with Gasteiger partial charge in [-0.3, -0.25) is 4.99 Å². The molecule has 2 aromatic rings. The third-order valence-corrected chi connectivity index (χ3v) is 2.99. The van der Waals surface area contributed by atoms with Gasteiger partial charge in [0.1, 0.15) is 5.76 Å². The summed E-state index contributed by atoms with van der Waals surface area (Å²) in [5, 5.41) is 6.56. The lowest BCUT2D eigenvalue weighted by molar-refractivity contribution is 0.506. The number of furan rings is 1. The Balaban J connectivity index is 1.68. The maximum Gasteiger partial charge on any atom is 0.191 e. The highest BCUT2D eigenvalue weighted by Gasteiger charge is 1.99. The van der Waals surface area contributed by atoms with Crippen molar-refractivity contribution in [1.82, 2.24) is 20.2 Å². The lowest BCUT2D eigenvalue weighted by atomic mass is 10.3. The molecule has 0 fully saturated rings. The van der Waals surface area contributed by atoms with Crippen LogP contribution in [0.1, 0.15) is 19.1 Å². The zero-order valence-electron chi connectivity index (χ0n) is 12.5. The van der Waals surface area contributed by atoms with Gasteiger partial charge in [0.25, 0.3) is 0 Å². The standard InChI is InChI=1S/C15H23N5O/c1-2-17-15(19-8-6-14-5-3-12-21-14)18-7-4-10-20-11-9-16-13-20/h3,5,9,11-13H,2,4,6-8,10H2,1H3,(H2,17,18,19). The predicted molar refractivity (Wildman–Crippen MR) is 83.2 cm³/mol. The van der Waals surface area contributed by atoms with Gasteiger partial charge in [-0.1, -0.05) is 0 Å². The summed E-state index contributed by atoms with van der Waals surface area (Å²) < 4.78 is 7.37. The molecule has 0 aliphatic rings. The van der Waals surface area contributed by atoms with Gasteiger partial charge in [0.2, 0.25) is 0 Å². The molecule has 2 rings (SSSR count). The molecular formula is C15H23N5O. The maximum absolute atomic E-state index is 5.31. The number of guanidine groups is 1. The van der Waals surface area contributed by atoms with Crippen LogP contribution in [0.3, 0.4) is 0 Å². The second-order valence-corrected chi connectivity index (χ2v) is 4.67. The van der Waals surface area contributed by atoms with E-state index >= 15 is 0 Å². The van der Waals surface area contributed by atoms with Crippen LogP contribution in [0.25, 0.3) is 0 Å². The molecule has 21 heavy (non-hydrogen) atoms. The van der Waals surface area contributed by atoms with Crippen LogP contribution in [0.5, 0.6) is 0 Å². The first-order chi connectivity index (χ1) is 10.4. The number of hydrogen-bond donors (Lipinski definition) is 2. The molecule has 6 heteroatoms. The van der Waals surface area contributed by atoms with Crippen LogP contribution in [0.2, 0.25) is 0 Å². The van der Waals surface area contributed by atoms with Crippen molar-refractivity contribution in [3.8, 4) is 0 Å². The highest BCUT2D eigenvalue weighted by Crippen LogP contribution is 1.99. The van der Waals surface area contributed by atoms with Gasteiger partial charge >= 0.3 is 0 Å². The van der Waals surface area contributed by atoms with Crippen molar-refractivity contribution in [2.75, 3.05) is 19.6 Å². The number of nitrogens with one attached hydrogen (secondary N) is 2. The van der Waals surface area contributed by atoms with Crippen molar-refractivity contribution in [2.45, 2.75) is 26.3 Å².